The molecular formula is C14H12Br2N2O2. The molecule has 0 atom stereocenters. The number of rotatable bonds is 2. The van der Waals surface area contributed by atoms with Crippen molar-refractivity contribution in [2.75, 3.05) is 11.1 Å². The zero-order chi connectivity index (χ0) is 14.9. The molecule has 0 bridgehead atoms. The first-order chi connectivity index (χ1) is 9.38. The van der Waals surface area contributed by atoms with E-state index in [2.05, 4.69) is 37.2 Å². The Morgan fingerprint density at radius 1 is 1.20 bits per heavy atom. The lowest BCUT2D eigenvalue weighted by atomic mass is 10.1. The first-order valence-corrected chi connectivity index (χ1v) is 7.32. The van der Waals surface area contributed by atoms with Gasteiger partial charge in [-0.1, -0.05) is 6.07 Å². The molecule has 1 amide bonds. The average Bonchev–Trinajstić information content (AvgIpc) is 2.36. The lowest BCUT2D eigenvalue weighted by molar-refractivity contribution is 0.102. The summed E-state index contributed by atoms with van der Waals surface area (Å²) in [6, 6.07) is 8.19. The highest BCUT2D eigenvalue weighted by Gasteiger charge is 2.13. The SMILES string of the molecule is Cc1ccc(C(=O)Nc2c(Br)cc(N)cc2Br)cc1O. The third kappa shape index (κ3) is 3.13. The molecule has 0 saturated carbocycles. The van der Waals surface area contributed by atoms with Crippen molar-refractivity contribution in [3.8, 4) is 5.75 Å². The number of halogens is 2. The van der Waals surface area contributed by atoms with Gasteiger partial charge in [0.2, 0.25) is 0 Å². The van der Waals surface area contributed by atoms with Crippen LogP contribution in [0.4, 0.5) is 11.4 Å². The van der Waals surface area contributed by atoms with Gasteiger partial charge in [0.05, 0.1) is 5.69 Å². The number of aryl methyl sites for hydroxylation is 1. The summed E-state index contributed by atoms with van der Waals surface area (Å²) < 4.78 is 1.35. The molecule has 0 aliphatic rings. The van der Waals surface area contributed by atoms with Crippen LogP contribution in [0.1, 0.15) is 15.9 Å². The van der Waals surface area contributed by atoms with Crippen molar-refractivity contribution in [1.29, 1.82) is 0 Å². The Balaban J connectivity index is 2.30. The van der Waals surface area contributed by atoms with Crippen molar-refractivity contribution in [2.24, 2.45) is 0 Å². The minimum Gasteiger partial charge on any atom is -0.508 e. The van der Waals surface area contributed by atoms with Gasteiger partial charge in [-0.2, -0.15) is 0 Å². The number of nitrogen functional groups attached to an aromatic ring is 1. The topological polar surface area (TPSA) is 75.4 Å². The monoisotopic (exact) mass is 398 g/mol. The van der Waals surface area contributed by atoms with Crippen molar-refractivity contribution in [2.45, 2.75) is 6.92 Å². The molecule has 104 valence electrons. The standard InChI is InChI=1S/C14H12Br2N2O2/c1-7-2-3-8(4-12(7)19)14(20)18-13-10(15)5-9(17)6-11(13)16/h2-6,19H,17H2,1H3,(H,18,20). The highest BCUT2D eigenvalue weighted by molar-refractivity contribution is 9.11. The summed E-state index contributed by atoms with van der Waals surface area (Å²) in [5.74, 6) is -0.223. The molecule has 6 heteroatoms. The summed E-state index contributed by atoms with van der Waals surface area (Å²) in [7, 11) is 0. The van der Waals surface area contributed by atoms with Crippen molar-refractivity contribution in [3.05, 3.63) is 50.4 Å². The predicted molar refractivity (Wildman–Crippen MR) is 87.1 cm³/mol. The van der Waals surface area contributed by atoms with Crippen LogP contribution in [0.25, 0.3) is 0 Å². The molecule has 0 heterocycles. The van der Waals surface area contributed by atoms with Crippen LogP contribution in [0, 0.1) is 6.92 Å². The van der Waals surface area contributed by atoms with E-state index in [0.717, 1.165) is 5.56 Å². The number of carbonyl (C=O) groups is 1. The number of carbonyl (C=O) groups excluding carboxylic acids is 1. The van der Waals surface area contributed by atoms with Gasteiger partial charge >= 0.3 is 0 Å². The predicted octanol–water partition coefficient (Wildman–Crippen LogP) is 4.06. The molecule has 2 aromatic rings. The Kier molecular flexibility index (Phi) is 4.35. The summed E-state index contributed by atoms with van der Waals surface area (Å²) in [6.07, 6.45) is 0. The van der Waals surface area contributed by atoms with E-state index in [9.17, 15) is 9.90 Å². The quantitative estimate of drug-likeness (QED) is 0.666. The highest BCUT2D eigenvalue weighted by Crippen LogP contribution is 2.33. The van der Waals surface area contributed by atoms with Crippen LogP contribution < -0.4 is 11.1 Å². The molecule has 2 aromatic carbocycles. The van der Waals surface area contributed by atoms with E-state index >= 15 is 0 Å². The van der Waals surface area contributed by atoms with E-state index in [1.807, 2.05) is 0 Å². The molecule has 0 spiro atoms. The van der Waals surface area contributed by atoms with E-state index in [-0.39, 0.29) is 11.7 Å². The van der Waals surface area contributed by atoms with E-state index in [0.29, 0.717) is 25.9 Å². The Bertz CT molecular complexity index is 664. The zero-order valence-electron chi connectivity index (χ0n) is 10.6. The van der Waals surface area contributed by atoms with Crippen molar-refractivity contribution in [1.82, 2.24) is 0 Å². The molecular weight excluding hydrogens is 388 g/mol. The molecule has 0 aliphatic carbocycles. The maximum absolute atomic E-state index is 12.2. The van der Waals surface area contributed by atoms with Crippen LogP contribution in [-0.4, -0.2) is 11.0 Å². The maximum atomic E-state index is 12.2. The molecule has 2 rings (SSSR count). The van der Waals surface area contributed by atoms with Gasteiger partial charge in [0.1, 0.15) is 5.75 Å². The Morgan fingerprint density at radius 2 is 1.80 bits per heavy atom. The molecule has 0 fully saturated rings. The van der Waals surface area contributed by atoms with E-state index in [1.54, 1.807) is 31.2 Å². The average molecular weight is 400 g/mol. The summed E-state index contributed by atoms with van der Waals surface area (Å²) in [5.41, 5.74) is 7.96. The molecule has 0 aromatic heterocycles. The van der Waals surface area contributed by atoms with Crippen LogP contribution in [0.2, 0.25) is 0 Å². The second-order valence-corrected chi connectivity index (χ2v) is 6.02. The zero-order valence-corrected chi connectivity index (χ0v) is 13.7. The molecule has 4 nitrogen and oxygen atoms in total. The fraction of sp³-hybridized carbons (Fsp3) is 0.0714. The largest absolute Gasteiger partial charge is 0.508 e. The fourth-order valence-electron chi connectivity index (χ4n) is 1.65. The maximum Gasteiger partial charge on any atom is 0.255 e. The van der Waals surface area contributed by atoms with Crippen LogP contribution in [0.15, 0.2) is 39.3 Å². The first-order valence-electron chi connectivity index (χ1n) is 5.74. The third-order valence-corrected chi connectivity index (χ3v) is 4.03. The minimum atomic E-state index is -0.313. The van der Waals surface area contributed by atoms with Crippen LogP contribution in [-0.2, 0) is 0 Å². The van der Waals surface area contributed by atoms with Crippen molar-refractivity contribution < 1.29 is 9.90 Å². The van der Waals surface area contributed by atoms with E-state index in [1.165, 1.54) is 6.07 Å². The Morgan fingerprint density at radius 3 is 2.35 bits per heavy atom. The molecule has 20 heavy (non-hydrogen) atoms. The number of nitrogens with two attached hydrogens (primary N) is 1. The fourth-order valence-corrected chi connectivity index (χ4v) is 3.07. The Hall–Kier alpha value is -1.53. The van der Waals surface area contributed by atoms with Crippen LogP contribution in [0.5, 0.6) is 5.75 Å². The Labute approximate surface area is 133 Å². The van der Waals surface area contributed by atoms with Gasteiger partial charge in [0.25, 0.3) is 5.91 Å². The van der Waals surface area contributed by atoms with Crippen molar-refractivity contribution in [3.63, 3.8) is 0 Å². The molecule has 4 N–H and O–H groups in total. The summed E-state index contributed by atoms with van der Waals surface area (Å²) in [4.78, 5) is 12.2. The lowest BCUT2D eigenvalue weighted by Gasteiger charge is -2.11. The second-order valence-electron chi connectivity index (χ2n) is 4.31. The van der Waals surface area contributed by atoms with Gasteiger partial charge < -0.3 is 16.2 Å². The number of nitrogens with one attached hydrogen (secondary N) is 1. The molecule has 0 radical (unpaired) electrons. The normalized spacial score (nSPS) is 10.3. The van der Waals surface area contributed by atoms with Crippen LogP contribution >= 0.6 is 31.9 Å². The second kappa shape index (κ2) is 5.85. The van der Waals surface area contributed by atoms with Crippen molar-refractivity contribution >= 4 is 49.1 Å². The van der Waals surface area contributed by atoms with Crippen LogP contribution in [0.3, 0.4) is 0 Å². The molecule has 0 unspecified atom stereocenters. The number of anilines is 2. The van der Waals surface area contributed by atoms with Gasteiger partial charge in [-0.05, 0) is 68.6 Å². The van der Waals surface area contributed by atoms with Gasteiger partial charge in [-0.3, -0.25) is 4.79 Å². The van der Waals surface area contributed by atoms with Gasteiger partial charge in [-0.25, -0.2) is 0 Å². The summed E-state index contributed by atoms with van der Waals surface area (Å²) >= 11 is 6.70. The minimum absolute atomic E-state index is 0.0908. The number of hydrogen-bond acceptors (Lipinski definition) is 3. The first kappa shape index (κ1) is 14.9. The summed E-state index contributed by atoms with van der Waals surface area (Å²) in [6.45, 7) is 1.77. The lowest BCUT2D eigenvalue weighted by Crippen LogP contribution is -2.13. The molecule has 0 saturated heterocycles. The van der Waals surface area contributed by atoms with Gasteiger partial charge in [0.15, 0.2) is 0 Å². The number of benzene rings is 2. The third-order valence-electron chi connectivity index (χ3n) is 2.77. The van der Waals surface area contributed by atoms with E-state index in [4.69, 9.17) is 5.73 Å². The number of phenolic OH excluding ortho intramolecular Hbond substituents is 1. The number of hydrogen-bond donors (Lipinski definition) is 3. The number of amides is 1. The highest BCUT2D eigenvalue weighted by atomic mass is 79.9. The van der Waals surface area contributed by atoms with Gasteiger partial charge in [-0.15, -0.1) is 0 Å². The summed E-state index contributed by atoms with van der Waals surface area (Å²) in [5, 5.41) is 12.4. The van der Waals surface area contributed by atoms with Gasteiger partial charge in [0, 0.05) is 20.2 Å². The molecule has 0 aliphatic heterocycles. The smallest absolute Gasteiger partial charge is 0.255 e. The van der Waals surface area contributed by atoms with E-state index < -0.39 is 0 Å². The number of aromatic hydroxyl groups is 1. The number of phenols is 1.